The van der Waals surface area contributed by atoms with E-state index in [4.69, 9.17) is 9.26 Å². The van der Waals surface area contributed by atoms with Gasteiger partial charge in [0.05, 0.1) is 5.56 Å². The molecule has 1 fully saturated rings. The van der Waals surface area contributed by atoms with Crippen molar-refractivity contribution in [3.05, 3.63) is 72.0 Å². The molecule has 0 bridgehead atoms. The standard InChI is InChI=1S/C21H18N2O4/c24-20-10-5-11-23(20)17-9-4-8-16(12-17)21(25)26-14-18-13-19(22-27-18)15-6-2-1-3-7-15/h1-4,6-9,12-13H,5,10-11,14H2. The molecule has 136 valence electrons. The van der Waals surface area contributed by atoms with Crippen LogP contribution < -0.4 is 4.90 Å². The molecule has 0 N–H and O–H groups in total. The summed E-state index contributed by atoms with van der Waals surface area (Å²) in [7, 11) is 0. The van der Waals surface area contributed by atoms with E-state index in [1.165, 1.54) is 0 Å². The summed E-state index contributed by atoms with van der Waals surface area (Å²) in [6, 6.07) is 18.3. The van der Waals surface area contributed by atoms with Crippen LogP contribution >= 0.6 is 0 Å². The zero-order valence-electron chi connectivity index (χ0n) is 14.6. The second kappa shape index (κ2) is 7.45. The summed E-state index contributed by atoms with van der Waals surface area (Å²) in [5.74, 6) is 0.0739. The van der Waals surface area contributed by atoms with Crippen molar-refractivity contribution in [2.45, 2.75) is 19.4 Å². The quantitative estimate of drug-likeness (QED) is 0.645. The lowest BCUT2D eigenvalue weighted by molar-refractivity contribution is -0.117. The Morgan fingerprint density at radius 2 is 1.96 bits per heavy atom. The van der Waals surface area contributed by atoms with Crippen LogP contribution in [0.1, 0.15) is 29.0 Å². The first-order chi connectivity index (χ1) is 13.2. The van der Waals surface area contributed by atoms with Crippen molar-refractivity contribution in [1.82, 2.24) is 5.16 Å². The Morgan fingerprint density at radius 3 is 2.74 bits per heavy atom. The van der Waals surface area contributed by atoms with Gasteiger partial charge in [0.25, 0.3) is 0 Å². The first-order valence-electron chi connectivity index (χ1n) is 8.79. The Bertz CT molecular complexity index is 965. The molecule has 1 saturated heterocycles. The van der Waals surface area contributed by atoms with Crippen LogP contribution in [0.25, 0.3) is 11.3 Å². The van der Waals surface area contributed by atoms with E-state index in [9.17, 15) is 9.59 Å². The van der Waals surface area contributed by atoms with E-state index in [2.05, 4.69) is 5.16 Å². The summed E-state index contributed by atoms with van der Waals surface area (Å²) in [6.45, 7) is 0.670. The summed E-state index contributed by atoms with van der Waals surface area (Å²) < 4.78 is 10.6. The van der Waals surface area contributed by atoms with Crippen LogP contribution in [0, 0.1) is 0 Å². The van der Waals surface area contributed by atoms with E-state index in [0.29, 0.717) is 30.0 Å². The van der Waals surface area contributed by atoms with Crippen LogP contribution in [0.15, 0.2) is 65.2 Å². The molecule has 0 radical (unpaired) electrons. The van der Waals surface area contributed by atoms with Crippen LogP contribution in [0.3, 0.4) is 0 Å². The number of carbonyl (C=O) groups is 2. The predicted octanol–water partition coefficient (Wildman–Crippen LogP) is 3.83. The number of anilines is 1. The molecule has 0 saturated carbocycles. The van der Waals surface area contributed by atoms with Gasteiger partial charge in [0, 0.05) is 30.3 Å². The fraction of sp³-hybridized carbons (Fsp3) is 0.190. The number of hydrogen-bond acceptors (Lipinski definition) is 5. The fourth-order valence-electron chi connectivity index (χ4n) is 3.07. The maximum atomic E-state index is 12.4. The molecule has 1 aromatic heterocycles. The highest BCUT2D eigenvalue weighted by atomic mass is 16.5. The molecule has 0 atom stereocenters. The van der Waals surface area contributed by atoms with Crippen LogP contribution in [0.2, 0.25) is 0 Å². The van der Waals surface area contributed by atoms with E-state index in [0.717, 1.165) is 17.7 Å². The average molecular weight is 362 g/mol. The van der Waals surface area contributed by atoms with Gasteiger partial charge in [-0.25, -0.2) is 4.79 Å². The van der Waals surface area contributed by atoms with Crippen molar-refractivity contribution in [3.8, 4) is 11.3 Å². The van der Waals surface area contributed by atoms with Gasteiger partial charge in [-0.1, -0.05) is 41.6 Å². The number of aromatic nitrogens is 1. The summed E-state index contributed by atoms with van der Waals surface area (Å²) >= 11 is 0. The third-order valence-corrected chi connectivity index (χ3v) is 4.44. The van der Waals surface area contributed by atoms with Crippen molar-refractivity contribution in [3.63, 3.8) is 0 Å². The highest BCUT2D eigenvalue weighted by Crippen LogP contribution is 2.23. The highest BCUT2D eigenvalue weighted by Gasteiger charge is 2.22. The Balaban J connectivity index is 1.41. The van der Waals surface area contributed by atoms with Crippen molar-refractivity contribution >= 4 is 17.6 Å². The molecule has 27 heavy (non-hydrogen) atoms. The van der Waals surface area contributed by atoms with Gasteiger partial charge >= 0.3 is 5.97 Å². The molecule has 6 heteroatoms. The van der Waals surface area contributed by atoms with Crippen LogP contribution in [0.4, 0.5) is 5.69 Å². The molecular formula is C21H18N2O4. The van der Waals surface area contributed by atoms with Crippen LogP contribution in [0.5, 0.6) is 0 Å². The number of ether oxygens (including phenoxy) is 1. The van der Waals surface area contributed by atoms with Gasteiger partial charge in [0.2, 0.25) is 5.91 Å². The Morgan fingerprint density at radius 1 is 1.11 bits per heavy atom. The molecule has 4 rings (SSSR count). The molecule has 0 aliphatic carbocycles. The fourth-order valence-corrected chi connectivity index (χ4v) is 3.07. The molecule has 2 aromatic carbocycles. The van der Waals surface area contributed by atoms with Crippen molar-refractivity contribution < 1.29 is 18.8 Å². The lowest BCUT2D eigenvalue weighted by Crippen LogP contribution is -2.23. The average Bonchev–Trinajstić information content (AvgIpc) is 3.36. The first kappa shape index (κ1) is 17.0. The molecule has 0 unspecified atom stereocenters. The van der Waals surface area contributed by atoms with E-state index in [1.54, 1.807) is 29.2 Å². The minimum Gasteiger partial charge on any atom is -0.454 e. The highest BCUT2D eigenvalue weighted by molar-refractivity contribution is 5.97. The maximum Gasteiger partial charge on any atom is 0.338 e. The topological polar surface area (TPSA) is 72.6 Å². The minimum atomic E-state index is -0.471. The number of hydrogen-bond donors (Lipinski definition) is 0. The van der Waals surface area contributed by atoms with Crippen LogP contribution in [-0.4, -0.2) is 23.6 Å². The summed E-state index contributed by atoms with van der Waals surface area (Å²) in [4.78, 5) is 25.9. The summed E-state index contributed by atoms with van der Waals surface area (Å²) in [5.41, 5.74) is 2.74. The zero-order valence-corrected chi connectivity index (χ0v) is 14.6. The molecule has 3 aromatic rings. The second-order valence-electron chi connectivity index (χ2n) is 6.32. The molecular weight excluding hydrogens is 344 g/mol. The Hall–Kier alpha value is -3.41. The third kappa shape index (κ3) is 3.74. The largest absolute Gasteiger partial charge is 0.454 e. The lowest BCUT2D eigenvalue weighted by Gasteiger charge is -2.16. The van der Waals surface area contributed by atoms with Crippen LogP contribution in [-0.2, 0) is 16.1 Å². The second-order valence-corrected chi connectivity index (χ2v) is 6.32. The smallest absolute Gasteiger partial charge is 0.338 e. The van der Waals surface area contributed by atoms with Gasteiger partial charge in [-0.3, -0.25) is 4.79 Å². The van der Waals surface area contributed by atoms with Gasteiger partial charge < -0.3 is 14.2 Å². The number of esters is 1. The maximum absolute atomic E-state index is 12.4. The lowest BCUT2D eigenvalue weighted by atomic mass is 10.1. The Kier molecular flexibility index (Phi) is 4.70. The molecule has 6 nitrogen and oxygen atoms in total. The number of nitrogens with zero attached hydrogens (tertiary/aromatic N) is 2. The summed E-state index contributed by atoms with van der Waals surface area (Å²) in [5, 5.41) is 4.00. The van der Waals surface area contributed by atoms with Gasteiger partial charge in [0.1, 0.15) is 5.69 Å². The first-order valence-corrected chi connectivity index (χ1v) is 8.79. The van der Waals surface area contributed by atoms with Gasteiger partial charge in [-0.2, -0.15) is 0 Å². The number of carbonyl (C=O) groups excluding carboxylic acids is 2. The van der Waals surface area contributed by atoms with E-state index in [-0.39, 0.29) is 12.5 Å². The van der Waals surface area contributed by atoms with Crippen molar-refractivity contribution in [2.24, 2.45) is 0 Å². The Labute approximate surface area is 156 Å². The van der Waals surface area contributed by atoms with Gasteiger partial charge in [0.15, 0.2) is 12.4 Å². The van der Waals surface area contributed by atoms with E-state index < -0.39 is 5.97 Å². The van der Waals surface area contributed by atoms with E-state index in [1.807, 2.05) is 36.4 Å². The molecule has 2 heterocycles. The minimum absolute atomic E-state index is 0.00839. The van der Waals surface area contributed by atoms with Gasteiger partial charge in [-0.15, -0.1) is 0 Å². The number of benzene rings is 2. The van der Waals surface area contributed by atoms with Crippen molar-refractivity contribution in [1.29, 1.82) is 0 Å². The molecule has 1 aliphatic heterocycles. The van der Waals surface area contributed by atoms with Crippen molar-refractivity contribution in [2.75, 3.05) is 11.4 Å². The third-order valence-electron chi connectivity index (χ3n) is 4.44. The molecule has 1 amide bonds. The number of amides is 1. The number of rotatable bonds is 5. The zero-order chi connectivity index (χ0) is 18.6. The SMILES string of the molecule is O=C(OCc1cc(-c2ccccc2)no1)c1cccc(N2CCCC2=O)c1. The van der Waals surface area contributed by atoms with E-state index >= 15 is 0 Å². The molecule has 0 spiro atoms. The normalized spacial score (nSPS) is 13.8. The summed E-state index contributed by atoms with van der Waals surface area (Å²) in [6.07, 6.45) is 1.38. The monoisotopic (exact) mass is 362 g/mol. The predicted molar refractivity (Wildman–Crippen MR) is 99.1 cm³/mol. The van der Waals surface area contributed by atoms with Gasteiger partial charge in [-0.05, 0) is 24.6 Å². The molecule has 1 aliphatic rings.